The Morgan fingerprint density at radius 2 is 1.61 bits per heavy atom. The minimum atomic E-state index is -0.175. The van der Waals surface area contributed by atoms with E-state index in [1.165, 1.54) is 28.2 Å². The van der Waals surface area contributed by atoms with E-state index in [1.807, 2.05) is 44.2 Å². The van der Waals surface area contributed by atoms with Crippen molar-refractivity contribution in [2.75, 3.05) is 31.1 Å². The van der Waals surface area contributed by atoms with Crippen molar-refractivity contribution in [3.8, 4) is 5.75 Å². The molecule has 0 bridgehead atoms. The van der Waals surface area contributed by atoms with Crippen molar-refractivity contribution in [3.05, 3.63) is 77.2 Å². The highest BCUT2D eigenvalue weighted by Crippen LogP contribution is 2.34. The van der Waals surface area contributed by atoms with Gasteiger partial charge >= 0.3 is 0 Å². The molecule has 2 heterocycles. The van der Waals surface area contributed by atoms with Crippen LogP contribution in [0, 0.1) is 0 Å². The summed E-state index contributed by atoms with van der Waals surface area (Å²) in [6.45, 7) is 7.46. The Morgan fingerprint density at radius 1 is 0.909 bits per heavy atom. The van der Waals surface area contributed by atoms with Crippen LogP contribution < -0.4 is 9.64 Å². The van der Waals surface area contributed by atoms with Crippen LogP contribution in [0.25, 0.3) is 16.8 Å². The third-order valence-corrected chi connectivity index (χ3v) is 6.88. The molecule has 0 saturated carbocycles. The predicted octanol–water partition coefficient (Wildman–Crippen LogP) is 5.42. The number of aliphatic imine (C=N–C) groups is 1. The zero-order valence-corrected chi connectivity index (χ0v) is 19.7. The zero-order valence-electron chi connectivity index (χ0n) is 18.9. The maximum absolute atomic E-state index is 12.6. The van der Waals surface area contributed by atoms with Gasteiger partial charge in [-0.15, -0.1) is 0 Å². The van der Waals surface area contributed by atoms with Crippen molar-refractivity contribution < 1.29 is 9.53 Å². The van der Waals surface area contributed by atoms with Crippen molar-refractivity contribution in [3.63, 3.8) is 0 Å². The number of thioether (sulfide) groups is 1. The topological polar surface area (TPSA) is 45.1 Å². The molecular formula is C27H27N3O2S. The molecule has 0 spiro atoms. The molecule has 3 aromatic carbocycles. The molecule has 3 aromatic rings. The van der Waals surface area contributed by atoms with E-state index in [2.05, 4.69) is 57.3 Å². The summed E-state index contributed by atoms with van der Waals surface area (Å²) < 4.78 is 5.90. The number of piperazine rings is 1. The second-order valence-corrected chi connectivity index (χ2v) is 9.50. The number of hydrogen-bond acceptors (Lipinski definition) is 5. The van der Waals surface area contributed by atoms with Crippen molar-refractivity contribution in [1.82, 2.24) is 4.90 Å². The number of fused-ring (bicyclic) bond motifs is 1. The largest absolute Gasteiger partial charge is 0.490 e. The summed E-state index contributed by atoms with van der Waals surface area (Å²) in [6.07, 6.45) is 1.97. The number of hydrogen-bond donors (Lipinski definition) is 0. The van der Waals surface area contributed by atoms with Crippen LogP contribution in [0.2, 0.25) is 0 Å². The first kappa shape index (κ1) is 21.6. The molecule has 0 aromatic heterocycles. The predicted molar refractivity (Wildman–Crippen MR) is 138 cm³/mol. The lowest BCUT2D eigenvalue weighted by molar-refractivity contribution is -0.113. The van der Waals surface area contributed by atoms with Gasteiger partial charge in [0.05, 0.1) is 11.0 Å². The molecule has 5 nitrogen and oxygen atoms in total. The van der Waals surface area contributed by atoms with Gasteiger partial charge in [-0.3, -0.25) is 4.79 Å². The van der Waals surface area contributed by atoms with Crippen LogP contribution in [0.4, 0.5) is 5.69 Å². The number of amides is 1. The van der Waals surface area contributed by atoms with Crippen LogP contribution in [0.15, 0.2) is 76.6 Å². The molecule has 5 rings (SSSR count). The van der Waals surface area contributed by atoms with Crippen LogP contribution >= 0.6 is 11.8 Å². The minimum absolute atomic E-state index is 0.0707. The zero-order chi connectivity index (χ0) is 22.8. The van der Waals surface area contributed by atoms with Gasteiger partial charge in [-0.1, -0.05) is 54.6 Å². The fraction of sp³-hybridized carbons (Fsp3) is 0.259. The lowest BCUT2D eigenvalue weighted by atomic mass is 10.1. The molecule has 0 atom stereocenters. The van der Waals surface area contributed by atoms with Gasteiger partial charge in [0, 0.05) is 42.8 Å². The Morgan fingerprint density at radius 3 is 2.42 bits per heavy atom. The van der Waals surface area contributed by atoms with Gasteiger partial charge < -0.3 is 14.5 Å². The van der Waals surface area contributed by atoms with Gasteiger partial charge in [0.1, 0.15) is 5.75 Å². The van der Waals surface area contributed by atoms with Gasteiger partial charge in [-0.05, 0) is 49.2 Å². The molecule has 0 aliphatic carbocycles. The average Bonchev–Trinajstić information content (AvgIpc) is 3.20. The number of anilines is 1. The summed E-state index contributed by atoms with van der Waals surface area (Å²) >= 11 is 1.46. The van der Waals surface area contributed by atoms with Gasteiger partial charge in [0.2, 0.25) is 0 Å². The van der Waals surface area contributed by atoms with E-state index >= 15 is 0 Å². The number of benzene rings is 3. The average molecular weight is 458 g/mol. The Labute approximate surface area is 198 Å². The molecule has 2 aliphatic rings. The maximum atomic E-state index is 12.6. The van der Waals surface area contributed by atoms with Gasteiger partial charge in [0.25, 0.3) is 5.91 Å². The SMILES string of the molecule is CC(C)Oc1ccccc1/C=C1/SC(N2CCN(c3cccc4ccccc34)CC2)=NC1=O. The third kappa shape index (κ3) is 4.62. The molecule has 168 valence electrons. The molecule has 1 amide bonds. The number of ether oxygens (including phenoxy) is 1. The summed E-state index contributed by atoms with van der Waals surface area (Å²) in [6, 6.07) is 22.8. The fourth-order valence-corrected chi connectivity index (χ4v) is 5.21. The molecular weight excluding hydrogens is 430 g/mol. The lowest BCUT2D eigenvalue weighted by Crippen LogP contribution is -2.47. The van der Waals surface area contributed by atoms with Crippen LogP contribution in [0.1, 0.15) is 19.4 Å². The third-order valence-electron chi connectivity index (χ3n) is 5.83. The van der Waals surface area contributed by atoms with Gasteiger partial charge in [0.15, 0.2) is 5.17 Å². The van der Waals surface area contributed by atoms with E-state index in [0.717, 1.165) is 42.7 Å². The fourth-order valence-electron chi connectivity index (χ4n) is 4.26. The summed E-state index contributed by atoms with van der Waals surface area (Å²) in [4.78, 5) is 22.3. The van der Waals surface area contributed by atoms with Crippen molar-refractivity contribution in [2.24, 2.45) is 4.99 Å². The highest BCUT2D eigenvalue weighted by Gasteiger charge is 2.29. The number of nitrogens with zero attached hydrogens (tertiary/aromatic N) is 3. The quantitative estimate of drug-likeness (QED) is 0.490. The second-order valence-electron chi connectivity index (χ2n) is 8.49. The molecule has 6 heteroatoms. The first-order chi connectivity index (χ1) is 16.1. The van der Waals surface area contributed by atoms with Crippen LogP contribution in [0.3, 0.4) is 0 Å². The Kier molecular flexibility index (Phi) is 6.09. The Balaban J connectivity index is 1.28. The highest BCUT2D eigenvalue weighted by molar-refractivity contribution is 8.18. The monoisotopic (exact) mass is 457 g/mol. The van der Waals surface area contributed by atoms with E-state index in [4.69, 9.17) is 4.74 Å². The van der Waals surface area contributed by atoms with Crippen LogP contribution in [0.5, 0.6) is 5.75 Å². The minimum Gasteiger partial charge on any atom is -0.490 e. The summed E-state index contributed by atoms with van der Waals surface area (Å²) in [7, 11) is 0. The molecule has 0 unspecified atom stereocenters. The number of para-hydroxylation sites is 1. The van der Waals surface area contributed by atoms with E-state index in [9.17, 15) is 4.79 Å². The molecule has 0 N–H and O–H groups in total. The first-order valence-electron chi connectivity index (χ1n) is 11.3. The van der Waals surface area contributed by atoms with Crippen molar-refractivity contribution in [1.29, 1.82) is 0 Å². The number of amidine groups is 1. The first-order valence-corrected chi connectivity index (χ1v) is 12.2. The highest BCUT2D eigenvalue weighted by atomic mass is 32.2. The second kappa shape index (κ2) is 9.32. The van der Waals surface area contributed by atoms with Crippen molar-refractivity contribution >= 4 is 45.4 Å². The number of rotatable bonds is 4. The molecule has 1 saturated heterocycles. The molecule has 0 radical (unpaired) electrons. The van der Waals surface area contributed by atoms with Gasteiger partial charge in [-0.25, -0.2) is 0 Å². The maximum Gasteiger partial charge on any atom is 0.286 e. The summed E-state index contributed by atoms with van der Waals surface area (Å²) in [5.74, 6) is 0.608. The van der Waals surface area contributed by atoms with Crippen LogP contribution in [-0.2, 0) is 4.79 Å². The Hall–Kier alpha value is -3.25. The summed E-state index contributed by atoms with van der Waals surface area (Å²) in [5.41, 5.74) is 2.17. The number of carbonyl (C=O) groups is 1. The number of carbonyl (C=O) groups excluding carboxylic acids is 1. The smallest absolute Gasteiger partial charge is 0.286 e. The molecule has 1 fully saturated rings. The van der Waals surface area contributed by atoms with E-state index in [-0.39, 0.29) is 12.0 Å². The van der Waals surface area contributed by atoms with Gasteiger partial charge in [-0.2, -0.15) is 4.99 Å². The van der Waals surface area contributed by atoms with Crippen molar-refractivity contribution in [2.45, 2.75) is 20.0 Å². The molecule has 33 heavy (non-hydrogen) atoms. The normalized spacial score (nSPS) is 17.8. The Bertz CT molecular complexity index is 1240. The van der Waals surface area contributed by atoms with E-state index < -0.39 is 0 Å². The van der Waals surface area contributed by atoms with E-state index in [1.54, 1.807) is 0 Å². The standard InChI is InChI=1S/C27H27N3O2S/c1-19(2)32-24-13-6-4-9-21(24)18-25-26(31)28-27(33-25)30-16-14-29(15-17-30)23-12-7-10-20-8-3-5-11-22(20)23/h3-13,18-19H,14-17H2,1-2H3/b25-18+. The molecule has 2 aliphatic heterocycles. The lowest BCUT2D eigenvalue weighted by Gasteiger charge is -2.37. The van der Waals surface area contributed by atoms with Crippen LogP contribution in [-0.4, -0.2) is 48.3 Å². The van der Waals surface area contributed by atoms with E-state index in [0.29, 0.717) is 4.91 Å². The summed E-state index contributed by atoms with van der Waals surface area (Å²) in [5, 5.41) is 3.34.